The van der Waals surface area contributed by atoms with Crippen LogP contribution in [0.1, 0.15) is 32.9 Å². The van der Waals surface area contributed by atoms with E-state index in [0.717, 1.165) is 12.8 Å². The van der Waals surface area contributed by atoms with Crippen LogP contribution in [0, 0.1) is 0 Å². The van der Waals surface area contributed by atoms with E-state index in [0.29, 0.717) is 23.0 Å². The minimum atomic E-state index is -4.11. The van der Waals surface area contributed by atoms with Gasteiger partial charge in [-0.3, -0.25) is 8.75 Å². The molecule has 1 aliphatic carbocycles. The molecule has 3 N–H and O–H groups in total. The Morgan fingerprint density at radius 2 is 2.03 bits per heavy atom. The molecular weight excluding hydrogens is 404 g/mol. The van der Waals surface area contributed by atoms with Crippen LogP contribution >= 0.6 is 0 Å². The quantitative estimate of drug-likeness (QED) is 0.647. The summed E-state index contributed by atoms with van der Waals surface area (Å²) in [5, 5.41) is 8.30. The lowest BCUT2D eigenvalue weighted by Gasteiger charge is -2.24. The zero-order valence-corrected chi connectivity index (χ0v) is 16.7. The van der Waals surface area contributed by atoms with Crippen molar-refractivity contribution in [3.8, 4) is 0 Å². The van der Waals surface area contributed by atoms with Crippen LogP contribution in [0.15, 0.2) is 12.7 Å². The van der Waals surface area contributed by atoms with Gasteiger partial charge in [-0.2, -0.15) is 8.42 Å². The molecule has 5 rings (SSSR count). The van der Waals surface area contributed by atoms with E-state index in [-0.39, 0.29) is 6.61 Å². The highest BCUT2D eigenvalue weighted by Gasteiger charge is 2.56. The van der Waals surface area contributed by atoms with E-state index in [9.17, 15) is 8.42 Å². The van der Waals surface area contributed by atoms with E-state index in [2.05, 4.69) is 20.3 Å². The second kappa shape index (κ2) is 6.55. The predicted octanol–water partition coefficient (Wildman–Crippen LogP) is 0.0382. The van der Waals surface area contributed by atoms with E-state index in [1.807, 2.05) is 0 Å². The van der Waals surface area contributed by atoms with Crippen molar-refractivity contribution in [2.45, 2.75) is 63.1 Å². The minimum Gasteiger partial charge on any atom is -0.365 e. The van der Waals surface area contributed by atoms with Crippen LogP contribution in [0.25, 0.3) is 11.2 Å². The molecule has 0 radical (unpaired) electrons. The number of fused-ring (bicyclic) bond motifs is 2. The molecule has 3 aliphatic rings. The Labute approximate surface area is 167 Å². The zero-order valence-electron chi connectivity index (χ0n) is 15.9. The summed E-state index contributed by atoms with van der Waals surface area (Å²) < 4.78 is 46.9. The topological polar surface area (TPSA) is 153 Å². The van der Waals surface area contributed by atoms with Gasteiger partial charge in [-0.15, -0.1) is 0 Å². The van der Waals surface area contributed by atoms with Crippen LogP contribution < -0.4 is 10.5 Å². The van der Waals surface area contributed by atoms with Crippen LogP contribution in [-0.2, 0) is 28.7 Å². The molecule has 12 nitrogen and oxygen atoms in total. The van der Waals surface area contributed by atoms with Gasteiger partial charge in [0.1, 0.15) is 24.6 Å². The molecule has 13 heteroatoms. The minimum absolute atomic E-state index is 0.286. The number of anilines is 1. The van der Waals surface area contributed by atoms with Gasteiger partial charge in [0, 0.05) is 6.04 Å². The molecule has 0 spiro atoms. The van der Waals surface area contributed by atoms with Crippen LogP contribution in [0.2, 0.25) is 0 Å². The van der Waals surface area contributed by atoms with Crippen LogP contribution in [0.5, 0.6) is 0 Å². The molecule has 4 atom stereocenters. The third kappa shape index (κ3) is 3.69. The zero-order chi connectivity index (χ0) is 20.4. The van der Waals surface area contributed by atoms with Crippen molar-refractivity contribution in [3.63, 3.8) is 0 Å². The molecule has 3 fully saturated rings. The van der Waals surface area contributed by atoms with Gasteiger partial charge in [-0.05, 0) is 26.7 Å². The SMILES string of the molecule is CC1(C)O[C@@H]2[C@H](O1)[C@@H](COS(N)(=O)=O)O[C@H]2n1cnc2c(NC3CC3)ncnc21. The van der Waals surface area contributed by atoms with Crippen molar-refractivity contribution in [1.82, 2.24) is 19.5 Å². The van der Waals surface area contributed by atoms with Crippen molar-refractivity contribution in [2.24, 2.45) is 5.14 Å². The number of hydrogen-bond donors (Lipinski definition) is 2. The molecule has 0 unspecified atom stereocenters. The summed E-state index contributed by atoms with van der Waals surface area (Å²) in [7, 11) is -4.11. The number of aromatic nitrogens is 4. The first kappa shape index (κ1) is 19.1. The molecule has 2 aromatic heterocycles. The molecule has 2 saturated heterocycles. The van der Waals surface area contributed by atoms with E-state index in [4.69, 9.17) is 23.5 Å². The smallest absolute Gasteiger partial charge is 0.333 e. The Kier molecular flexibility index (Phi) is 4.31. The van der Waals surface area contributed by atoms with Gasteiger partial charge in [0.05, 0.1) is 12.9 Å². The maximum Gasteiger partial charge on any atom is 0.333 e. The summed E-state index contributed by atoms with van der Waals surface area (Å²) in [5.41, 5.74) is 1.20. The van der Waals surface area contributed by atoms with Gasteiger partial charge in [0.25, 0.3) is 0 Å². The maximum absolute atomic E-state index is 11.2. The van der Waals surface area contributed by atoms with Crippen molar-refractivity contribution in [2.75, 3.05) is 11.9 Å². The largest absolute Gasteiger partial charge is 0.365 e. The lowest BCUT2D eigenvalue weighted by atomic mass is 10.1. The van der Waals surface area contributed by atoms with Crippen molar-refractivity contribution in [1.29, 1.82) is 0 Å². The highest BCUT2D eigenvalue weighted by atomic mass is 32.2. The second-order valence-electron chi connectivity index (χ2n) is 7.87. The van der Waals surface area contributed by atoms with Crippen LogP contribution in [-0.4, -0.2) is 64.7 Å². The number of ether oxygens (including phenoxy) is 3. The number of hydrogen-bond acceptors (Lipinski definition) is 10. The normalized spacial score (nSPS) is 31.3. The Morgan fingerprint density at radius 3 is 2.76 bits per heavy atom. The van der Waals surface area contributed by atoms with Gasteiger partial charge in [0.15, 0.2) is 29.0 Å². The Morgan fingerprint density at radius 1 is 1.28 bits per heavy atom. The Bertz CT molecular complexity index is 1040. The lowest BCUT2D eigenvalue weighted by Crippen LogP contribution is -2.34. The molecule has 0 amide bonds. The van der Waals surface area contributed by atoms with Gasteiger partial charge in [0.2, 0.25) is 0 Å². The highest BCUT2D eigenvalue weighted by molar-refractivity contribution is 7.84. The number of rotatable bonds is 6. The summed E-state index contributed by atoms with van der Waals surface area (Å²) in [6.07, 6.45) is 2.90. The molecule has 4 heterocycles. The highest BCUT2D eigenvalue weighted by Crippen LogP contribution is 2.44. The predicted molar refractivity (Wildman–Crippen MR) is 98.8 cm³/mol. The van der Waals surface area contributed by atoms with Gasteiger partial charge >= 0.3 is 10.3 Å². The first-order valence-electron chi connectivity index (χ1n) is 9.32. The summed E-state index contributed by atoms with van der Waals surface area (Å²) in [5.74, 6) is -0.190. The first-order valence-corrected chi connectivity index (χ1v) is 10.8. The molecule has 158 valence electrons. The van der Waals surface area contributed by atoms with E-state index < -0.39 is 40.6 Å². The second-order valence-corrected chi connectivity index (χ2v) is 9.09. The fraction of sp³-hybridized carbons (Fsp3) is 0.688. The van der Waals surface area contributed by atoms with Crippen molar-refractivity contribution >= 4 is 27.3 Å². The van der Waals surface area contributed by atoms with Crippen molar-refractivity contribution in [3.05, 3.63) is 12.7 Å². The number of nitrogens with two attached hydrogens (primary N) is 1. The Balaban J connectivity index is 1.46. The van der Waals surface area contributed by atoms with Gasteiger partial charge < -0.3 is 19.5 Å². The Hall–Kier alpha value is -1.90. The fourth-order valence-corrected chi connectivity index (χ4v) is 4.07. The maximum atomic E-state index is 11.2. The average molecular weight is 426 g/mol. The first-order chi connectivity index (χ1) is 13.7. The molecule has 0 bridgehead atoms. The fourth-order valence-electron chi connectivity index (χ4n) is 3.74. The molecule has 1 saturated carbocycles. The molecule has 29 heavy (non-hydrogen) atoms. The van der Waals surface area contributed by atoms with Gasteiger partial charge in [-0.1, -0.05) is 0 Å². The summed E-state index contributed by atoms with van der Waals surface area (Å²) >= 11 is 0. The third-order valence-electron chi connectivity index (χ3n) is 5.07. The number of nitrogens with zero attached hydrogens (tertiary/aromatic N) is 4. The molecular formula is C16H22N6O6S. The number of imidazole rings is 1. The van der Waals surface area contributed by atoms with E-state index >= 15 is 0 Å². The molecule has 0 aromatic carbocycles. The summed E-state index contributed by atoms with van der Waals surface area (Å²) in [6, 6.07) is 0.414. The third-order valence-corrected chi connectivity index (χ3v) is 5.54. The monoisotopic (exact) mass is 426 g/mol. The summed E-state index contributed by atoms with van der Waals surface area (Å²) in [6.45, 7) is 3.28. The number of nitrogens with one attached hydrogen (secondary N) is 1. The van der Waals surface area contributed by atoms with E-state index in [1.165, 1.54) is 6.33 Å². The molecule has 2 aliphatic heterocycles. The van der Waals surface area contributed by atoms with Crippen LogP contribution in [0.3, 0.4) is 0 Å². The van der Waals surface area contributed by atoms with Crippen LogP contribution in [0.4, 0.5) is 5.82 Å². The average Bonchev–Trinajstić information content (AvgIpc) is 3.11. The van der Waals surface area contributed by atoms with Crippen molar-refractivity contribution < 1.29 is 26.8 Å². The summed E-state index contributed by atoms with van der Waals surface area (Å²) in [4.78, 5) is 13.1. The van der Waals surface area contributed by atoms with E-state index in [1.54, 1.807) is 24.7 Å². The standard InChI is InChI=1S/C16H22N6O6S/c1-16(2)27-11-9(5-25-29(17,23)24)26-15(12(11)28-16)22-7-20-10-13(21-8-3-4-8)18-6-19-14(10)22/h6-9,11-12,15H,3-5H2,1-2H3,(H2,17,23,24)(H,18,19,21)/t9-,11-,12-,15-/m1/s1. The lowest BCUT2D eigenvalue weighted by molar-refractivity contribution is -0.198. The van der Waals surface area contributed by atoms with Gasteiger partial charge in [-0.25, -0.2) is 20.1 Å². The molecule has 2 aromatic rings.